The summed E-state index contributed by atoms with van der Waals surface area (Å²) in [6.45, 7) is 3.78. The van der Waals surface area contributed by atoms with Crippen LogP contribution in [0, 0.1) is 6.92 Å². The molecule has 1 unspecified atom stereocenters. The van der Waals surface area contributed by atoms with E-state index >= 15 is 0 Å². The van der Waals surface area contributed by atoms with E-state index in [0.29, 0.717) is 45.9 Å². The number of carbonyl (C=O) groups excluding carboxylic acids is 2. The normalized spacial score (nSPS) is 16.1. The third-order valence-corrected chi connectivity index (χ3v) is 5.79. The van der Waals surface area contributed by atoms with Gasteiger partial charge in [-0.25, -0.2) is 4.98 Å². The number of aromatic nitrogens is 2. The van der Waals surface area contributed by atoms with Gasteiger partial charge >= 0.3 is 6.18 Å². The SMILES string of the molecule is Cc1cc(C(C)N2Cc3c(ccnc3NC(=O)C3=CCC=N3)C2=O)cnc1CCC(F)(F)F. The van der Waals surface area contributed by atoms with Gasteiger partial charge in [-0.1, -0.05) is 6.07 Å². The Balaban J connectivity index is 1.51. The van der Waals surface area contributed by atoms with E-state index in [1.165, 1.54) is 12.4 Å². The van der Waals surface area contributed by atoms with Crippen molar-refractivity contribution in [3.8, 4) is 0 Å². The third kappa shape index (κ3) is 4.79. The Hall–Kier alpha value is -3.56. The predicted octanol–water partition coefficient (Wildman–Crippen LogP) is 4.29. The molecule has 0 fully saturated rings. The molecule has 1 atom stereocenters. The van der Waals surface area contributed by atoms with Crippen molar-refractivity contribution in [2.24, 2.45) is 4.99 Å². The summed E-state index contributed by atoms with van der Waals surface area (Å²) in [6.07, 6.45) is 1.55. The summed E-state index contributed by atoms with van der Waals surface area (Å²) in [5.41, 5.74) is 3.11. The van der Waals surface area contributed by atoms with Crippen LogP contribution in [0.2, 0.25) is 0 Å². The molecule has 2 aliphatic heterocycles. The van der Waals surface area contributed by atoms with Crippen LogP contribution in [0.3, 0.4) is 0 Å². The number of fused-ring (bicyclic) bond motifs is 1. The first kappa shape index (κ1) is 22.6. The second-order valence-electron chi connectivity index (χ2n) is 8.03. The highest BCUT2D eigenvalue weighted by atomic mass is 19.4. The Bertz CT molecular complexity index is 1170. The summed E-state index contributed by atoms with van der Waals surface area (Å²) in [5.74, 6) is -0.300. The van der Waals surface area contributed by atoms with Gasteiger partial charge in [-0.05, 0) is 43.5 Å². The predicted molar refractivity (Wildman–Crippen MR) is 116 cm³/mol. The molecule has 0 aromatic carbocycles. The highest BCUT2D eigenvalue weighted by Crippen LogP contribution is 2.34. The molecule has 2 amide bonds. The minimum atomic E-state index is -4.24. The summed E-state index contributed by atoms with van der Waals surface area (Å²) in [6, 6.07) is 3.00. The number of nitrogens with one attached hydrogen (secondary N) is 1. The quantitative estimate of drug-likeness (QED) is 0.701. The first-order valence-corrected chi connectivity index (χ1v) is 10.5. The van der Waals surface area contributed by atoms with E-state index in [4.69, 9.17) is 0 Å². The number of hydrogen-bond acceptors (Lipinski definition) is 5. The van der Waals surface area contributed by atoms with Crippen LogP contribution in [-0.2, 0) is 17.8 Å². The van der Waals surface area contributed by atoms with E-state index < -0.39 is 18.5 Å². The molecule has 33 heavy (non-hydrogen) atoms. The standard InChI is InChI=1S/C23H22F3N5O2/c1-13-10-15(11-29-18(13)5-7-23(24,25)26)14(2)31-12-17-16(22(31)33)6-9-28-20(17)30-21(32)19-4-3-8-27-19/h4,6,8-11,14H,3,5,7,12H2,1-2H3,(H,28,30,32). The van der Waals surface area contributed by atoms with Crippen LogP contribution in [0.25, 0.3) is 0 Å². The molecule has 172 valence electrons. The average molecular weight is 457 g/mol. The molecule has 0 saturated heterocycles. The molecule has 0 saturated carbocycles. The van der Waals surface area contributed by atoms with E-state index in [2.05, 4.69) is 20.3 Å². The van der Waals surface area contributed by atoms with Crippen LogP contribution in [0.15, 0.2) is 41.3 Å². The Morgan fingerprint density at radius 2 is 2.09 bits per heavy atom. The minimum Gasteiger partial charge on any atom is -0.327 e. The lowest BCUT2D eigenvalue weighted by atomic mass is 10.0. The highest BCUT2D eigenvalue weighted by molar-refractivity contribution is 6.07. The van der Waals surface area contributed by atoms with Gasteiger partial charge in [0.25, 0.3) is 11.8 Å². The van der Waals surface area contributed by atoms with Crippen molar-refractivity contribution >= 4 is 23.8 Å². The topological polar surface area (TPSA) is 87.5 Å². The largest absolute Gasteiger partial charge is 0.389 e. The van der Waals surface area contributed by atoms with E-state index in [0.717, 1.165) is 0 Å². The summed E-state index contributed by atoms with van der Waals surface area (Å²) in [5, 5.41) is 2.73. The van der Waals surface area contributed by atoms with Gasteiger partial charge in [0.15, 0.2) is 0 Å². The van der Waals surface area contributed by atoms with Crippen molar-refractivity contribution in [1.29, 1.82) is 0 Å². The maximum atomic E-state index is 13.1. The molecule has 2 aliphatic rings. The van der Waals surface area contributed by atoms with Crippen LogP contribution in [0.5, 0.6) is 0 Å². The number of allylic oxidation sites excluding steroid dienone is 1. The Morgan fingerprint density at radius 1 is 1.30 bits per heavy atom. The van der Waals surface area contributed by atoms with Gasteiger partial charge in [0.2, 0.25) is 0 Å². The molecule has 4 heterocycles. The Labute approximate surface area is 188 Å². The zero-order valence-electron chi connectivity index (χ0n) is 18.1. The summed E-state index contributed by atoms with van der Waals surface area (Å²) in [4.78, 5) is 39.6. The zero-order chi connectivity index (χ0) is 23.8. The van der Waals surface area contributed by atoms with Gasteiger partial charge in [0.05, 0.1) is 12.6 Å². The van der Waals surface area contributed by atoms with Crippen molar-refractivity contribution in [1.82, 2.24) is 14.9 Å². The van der Waals surface area contributed by atoms with Crippen molar-refractivity contribution in [2.75, 3.05) is 5.32 Å². The van der Waals surface area contributed by atoms with Crippen LogP contribution in [0.4, 0.5) is 19.0 Å². The van der Waals surface area contributed by atoms with Crippen LogP contribution < -0.4 is 5.32 Å². The van der Waals surface area contributed by atoms with Crippen molar-refractivity contribution < 1.29 is 22.8 Å². The van der Waals surface area contributed by atoms with Crippen LogP contribution in [-0.4, -0.2) is 39.1 Å². The van der Waals surface area contributed by atoms with Crippen molar-refractivity contribution in [3.63, 3.8) is 0 Å². The third-order valence-electron chi connectivity index (χ3n) is 5.79. The number of aryl methyl sites for hydroxylation is 2. The highest BCUT2D eigenvalue weighted by Gasteiger charge is 2.34. The molecule has 4 rings (SSSR count). The molecule has 0 spiro atoms. The van der Waals surface area contributed by atoms with Crippen molar-refractivity contribution in [2.45, 2.75) is 51.9 Å². The smallest absolute Gasteiger partial charge is 0.327 e. The van der Waals surface area contributed by atoms with E-state index in [-0.39, 0.29) is 24.9 Å². The lowest BCUT2D eigenvalue weighted by molar-refractivity contribution is -0.134. The Morgan fingerprint density at radius 3 is 2.76 bits per heavy atom. The van der Waals surface area contributed by atoms with Gasteiger partial charge in [-0.15, -0.1) is 0 Å². The monoisotopic (exact) mass is 457 g/mol. The van der Waals surface area contributed by atoms with Gasteiger partial charge in [-0.3, -0.25) is 19.6 Å². The fourth-order valence-electron chi connectivity index (χ4n) is 3.92. The summed E-state index contributed by atoms with van der Waals surface area (Å²) in [7, 11) is 0. The second-order valence-corrected chi connectivity index (χ2v) is 8.03. The fraction of sp³-hybridized carbons (Fsp3) is 0.348. The first-order valence-electron chi connectivity index (χ1n) is 10.5. The number of amides is 2. The number of pyridine rings is 2. The molecule has 0 bridgehead atoms. The molecule has 1 N–H and O–H groups in total. The number of aliphatic imine (C=N–C) groups is 1. The lowest BCUT2D eigenvalue weighted by Gasteiger charge is -2.25. The van der Waals surface area contributed by atoms with Gasteiger partial charge in [0, 0.05) is 48.3 Å². The summed E-state index contributed by atoms with van der Waals surface area (Å²) >= 11 is 0. The Kier molecular flexibility index (Phi) is 6.01. The number of rotatable bonds is 6. The van der Waals surface area contributed by atoms with Crippen molar-refractivity contribution in [3.05, 3.63) is 64.2 Å². The molecule has 10 heteroatoms. The number of alkyl halides is 3. The zero-order valence-corrected chi connectivity index (χ0v) is 18.1. The lowest BCUT2D eigenvalue weighted by Crippen LogP contribution is -2.27. The second kappa shape index (κ2) is 8.76. The number of hydrogen-bond donors (Lipinski definition) is 1. The average Bonchev–Trinajstić information content (AvgIpc) is 3.41. The first-order chi connectivity index (χ1) is 15.6. The molecule has 7 nitrogen and oxygen atoms in total. The molecule has 2 aromatic heterocycles. The van der Waals surface area contributed by atoms with E-state index in [1.54, 1.807) is 36.2 Å². The number of nitrogens with zero attached hydrogens (tertiary/aromatic N) is 4. The molecular weight excluding hydrogens is 435 g/mol. The molecule has 2 aromatic rings. The van der Waals surface area contributed by atoms with E-state index in [9.17, 15) is 22.8 Å². The summed E-state index contributed by atoms with van der Waals surface area (Å²) < 4.78 is 37.6. The maximum Gasteiger partial charge on any atom is 0.389 e. The number of anilines is 1. The van der Waals surface area contributed by atoms with Gasteiger partial charge in [-0.2, -0.15) is 13.2 Å². The molecular formula is C23H22F3N5O2. The van der Waals surface area contributed by atoms with Gasteiger partial charge < -0.3 is 10.2 Å². The van der Waals surface area contributed by atoms with Crippen LogP contribution >= 0.6 is 0 Å². The van der Waals surface area contributed by atoms with E-state index in [1.807, 2.05) is 6.92 Å². The molecule has 0 aliphatic carbocycles. The van der Waals surface area contributed by atoms with Gasteiger partial charge in [0.1, 0.15) is 11.5 Å². The van der Waals surface area contributed by atoms with Crippen LogP contribution in [0.1, 0.15) is 58.5 Å². The number of carbonyl (C=O) groups is 2. The molecule has 0 radical (unpaired) electrons. The number of halogens is 3. The fourth-order valence-corrected chi connectivity index (χ4v) is 3.92. The minimum absolute atomic E-state index is 0.187. The maximum absolute atomic E-state index is 13.1.